The van der Waals surface area contributed by atoms with Gasteiger partial charge in [0, 0.05) is 13.7 Å². The van der Waals surface area contributed by atoms with Crippen molar-refractivity contribution >= 4 is 5.97 Å². The molecule has 0 aliphatic heterocycles. The van der Waals surface area contributed by atoms with Crippen LogP contribution in [0.4, 0.5) is 0 Å². The Morgan fingerprint density at radius 3 is 2.19 bits per heavy atom. The van der Waals surface area contributed by atoms with Crippen LogP contribution in [0.15, 0.2) is 0 Å². The molecular formula is C11H22O5. The second-order valence-corrected chi connectivity index (χ2v) is 3.45. The second kappa shape index (κ2) is 10.9. The molecule has 0 aromatic heterocycles. The van der Waals surface area contributed by atoms with E-state index in [2.05, 4.69) is 0 Å². The van der Waals surface area contributed by atoms with E-state index in [9.17, 15) is 4.79 Å². The third-order valence-corrected chi connectivity index (χ3v) is 2.26. The van der Waals surface area contributed by atoms with E-state index >= 15 is 0 Å². The lowest BCUT2D eigenvalue weighted by Gasteiger charge is -2.09. The van der Waals surface area contributed by atoms with E-state index in [1.54, 1.807) is 7.11 Å². The summed E-state index contributed by atoms with van der Waals surface area (Å²) in [6.45, 7) is 4.50. The molecule has 0 aromatic rings. The first-order valence-corrected chi connectivity index (χ1v) is 5.59. The molecule has 96 valence electrons. The van der Waals surface area contributed by atoms with Crippen molar-refractivity contribution in [3.05, 3.63) is 0 Å². The fourth-order valence-corrected chi connectivity index (χ4v) is 1.19. The van der Waals surface area contributed by atoms with Crippen molar-refractivity contribution in [1.82, 2.24) is 0 Å². The van der Waals surface area contributed by atoms with Gasteiger partial charge in [0.1, 0.15) is 0 Å². The topological polar surface area (TPSA) is 65.0 Å². The monoisotopic (exact) mass is 234 g/mol. The van der Waals surface area contributed by atoms with Crippen LogP contribution in [0.3, 0.4) is 0 Å². The zero-order chi connectivity index (χ0) is 12.2. The minimum Gasteiger partial charge on any atom is -0.481 e. The molecule has 1 unspecified atom stereocenters. The predicted octanol–water partition coefficient (Wildman–Crippen LogP) is 1.17. The molecule has 0 saturated carbocycles. The molecule has 5 heteroatoms. The molecule has 1 N–H and O–H groups in total. The van der Waals surface area contributed by atoms with Gasteiger partial charge in [-0.3, -0.25) is 4.79 Å². The summed E-state index contributed by atoms with van der Waals surface area (Å²) < 4.78 is 15.3. The van der Waals surface area contributed by atoms with Crippen LogP contribution in [0.2, 0.25) is 0 Å². The van der Waals surface area contributed by atoms with Crippen molar-refractivity contribution in [3.8, 4) is 0 Å². The van der Waals surface area contributed by atoms with Gasteiger partial charge in [-0.1, -0.05) is 6.92 Å². The Labute approximate surface area is 96.7 Å². The summed E-state index contributed by atoms with van der Waals surface area (Å²) >= 11 is 0. The molecule has 0 saturated heterocycles. The smallest absolute Gasteiger partial charge is 0.306 e. The van der Waals surface area contributed by atoms with Crippen molar-refractivity contribution in [2.45, 2.75) is 19.8 Å². The summed E-state index contributed by atoms with van der Waals surface area (Å²) in [6.07, 6.45) is 1.20. The summed E-state index contributed by atoms with van der Waals surface area (Å²) in [4.78, 5) is 10.7. The largest absolute Gasteiger partial charge is 0.481 e. The van der Waals surface area contributed by atoms with Crippen LogP contribution in [0, 0.1) is 5.92 Å². The molecule has 0 aliphatic rings. The Kier molecular flexibility index (Phi) is 10.4. The quantitative estimate of drug-likeness (QED) is 0.544. The van der Waals surface area contributed by atoms with E-state index in [4.69, 9.17) is 19.3 Å². The standard InChI is InChI=1S/C11H22O5/c1-3-10(11(12)13)4-5-15-8-9-16-7-6-14-2/h10H,3-9H2,1-2H3,(H,12,13). The number of carboxylic acid groups (broad SMARTS) is 1. The predicted molar refractivity (Wildman–Crippen MR) is 59.5 cm³/mol. The first kappa shape index (κ1) is 15.3. The third kappa shape index (κ3) is 8.64. The van der Waals surface area contributed by atoms with Crippen LogP contribution < -0.4 is 0 Å². The minimum absolute atomic E-state index is 0.297. The van der Waals surface area contributed by atoms with Crippen LogP contribution in [-0.2, 0) is 19.0 Å². The molecule has 0 bridgehead atoms. The maximum atomic E-state index is 10.7. The van der Waals surface area contributed by atoms with Gasteiger partial charge in [-0.05, 0) is 12.8 Å². The summed E-state index contributed by atoms with van der Waals surface area (Å²) in [5.41, 5.74) is 0. The maximum absolute atomic E-state index is 10.7. The van der Waals surface area contributed by atoms with Crippen LogP contribution in [0.5, 0.6) is 0 Å². The van der Waals surface area contributed by atoms with E-state index in [0.29, 0.717) is 45.9 Å². The third-order valence-electron chi connectivity index (χ3n) is 2.26. The van der Waals surface area contributed by atoms with Gasteiger partial charge in [0.2, 0.25) is 0 Å². The molecule has 16 heavy (non-hydrogen) atoms. The van der Waals surface area contributed by atoms with Crippen LogP contribution >= 0.6 is 0 Å². The first-order valence-electron chi connectivity index (χ1n) is 5.59. The van der Waals surface area contributed by atoms with Crippen LogP contribution in [-0.4, -0.2) is 51.2 Å². The molecule has 0 spiro atoms. The normalized spacial score (nSPS) is 12.6. The van der Waals surface area contributed by atoms with Gasteiger partial charge in [0.15, 0.2) is 0 Å². The molecule has 0 aliphatic carbocycles. The molecule has 0 radical (unpaired) electrons. The zero-order valence-corrected chi connectivity index (χ0v) is 10.1. The van der Waals surface area contributed by atoms with Crippen molar-refractivity contribution in [1.29, 1.82) is 0 Å². The zero-order valence-electron chi connectivity index (χ0n) is 10.1. The first-order chi connectivity index (χ1) is 7.72. The molecule has 0 amide bonds. The molecule has 5 nitrogen and oxygen atoms in total. The number of carboxylic acids is 1. The lowest BCUT2D eigenvalue weighted by molar-refractivity contribution is -0.142. The van der Waals surface area contributed by atoms with E-state index in [1.807, 2.05) is 6.92 Å². The SMILES string of the molecule is CCC(CCOCCOCCOC)C(=O)O. The van der Waals surface area contributed by atoms with Gasteiger partial charge in [0.25, 0.3) is 0 Å². The fourth-order valence-electron chi connectivity index (χ4n) is 1.19. The van der Waals surface area contributed by atoms with Crippen molar-refractivity contribution in [3.63, 3.8) is 0 Å². The van der Waals surface area contributed by atoms with Gasteiger partial charge in [-0.2, -0.15) is 0 Å². The van der Waals surface area contributed by atoms with Gasteiger partial charge in [-0.25, -0.2) is 0 Å². The average Bonchev–Trinajstić information content (AvgIpc) is 2.26. The van der Waals surface area contributed by atoms with Crippen molar-refractivity contribution in [2.24, 2.45) is 5.92 Å². The Hall–Kier alpha value is -0.650. The Bertz CT molecular complexity index is 172. The Balaban J connectivity index is 3.22. The summed E-state index contributed by atoms with van der Waals surface area (Å²) in [7, 11) is 1.62. The number of hydrogen-bond donors (Lipinski definition) is 1. The molecule has 0 heterocycles. The highest BCUT2D eigenvalue weighted by molar-refractivity contribution is 5.69. The maximum Gasteiger partial charge on any atom is 0.306 e. The van der Waals surface area contributed by atoms with E-state index in [0.717, 1.165) is 0 Å². The highest BCUT2D eigenvalue weighted by Gasteiger charge is 2.13. The van der Waals surface area contributed by atoms with E-state index in [-0.39, 0.29) is 5.92 Å². The lowest BCUT2D eigenvalue weighted by atomic mass is 10.0. The van der Waals surface area contributed by atoms with Crippen molar-refractivity contribution < 1.29 is 24.1 Å². The molecular weight excluding hydrogens is 212 g/mol. The fraction of sp³-hybridized carbons (Fsp3) is 0.909. The number of ether oxygens (including phenoxy) is 3. The van der Waals surface area contributed by atoms with Gasteiger partial charge in [0.05, 0.1) is 32.3 Å². The highest BCUT2D eigenvalue weighted by atomic mass is 16.5. The van der Waals surface area contributed by atoms with Gasteiger partial charge >= 0.3 is 5.97 Å². The molecule has 1 atom stereocenters. The molecule has 0 fully saturated rings. The van der Waals surface area contributed by atoms with Crippen molar-refractivity contribution in [2.75, 3.05) is 40.1 Å². The number of hydrogen-bond acceptors (Lipinski definition) is 4. The summed E-state index contributed by atoms with van der Waals surface area (Å²) in [5.74, 6) is -1.04. The van der Waals surface area contributed by atoms with Gasteiger partial charge < -0.3 is 19.3 Å². The number of rotatable bonds is 11. The number of carbonyl (C=O) groups is 1. The number of methoxy groups -OCH3 is 1. The highest BCUT2D eigenvalue weighted by Crippen LogP contribution is 2.07. The molecule has 0 aromatic carbocycles. The average molecular weight is 234 g/mol. The lowest BCUT2D eigenvalue weighted by Crippen LogP contribution is -2.16. The minimum atomic E-state index is -0.748. The van der Waals surface area contributed by atoms with Gasteiger partial charge in [-0.15, -0.1) is 0 Å². The summed E-state index contributed by atoms with van der Waals surface area (Å²) in [6, 6.07) is 0. The van der Waals surface area contributed by atoms with E-state index in [1.165, 1.54) is 0 Å². The van der Waals surface area contributed by atoms with Crippen LogP contribution in [0.25, 0.3) is 0 Å². The summed E-state index contributed by atoms with van der Waals surface area (Å²) in [5, 5.41) is 8.78. The van der Waals surface area contributed by atoms with E-state index < -0.39 is 5.97 Å². The number of aliphatic carboxylic acids is 1. The Morgan fingerprint density at radius 1 is 1.12 bits per heavy atom. The van der Waals surface area contributed by atoms with Crippen LogP contribution in [0.1, 0.15) is 19.8 Å². The Morgan fingerprint density at radius 2 is 1.69 bits per heavy atom. The second-order valence-electron chi connectivity index (χ2n) is 3.45. The molecule has 0 rings (SSSR count).